The first kappa shape index (κ1) is 22.1. The number of hydrogen-bond donors (Lipinski definition) is 1. The van der Waals surface area contributed by atoms with E-state index in [1.807, 2.05) is 0 Å². The van der Waals surface area contributed by atoms with Crippen LogP contribution in [0, 0.1) is 0 Å². The summed E-state index contributed by atoms with van der Waals surface area (Å²) in [5.41, 5.74) is 2.03. The van der Waals surface area contributed by atoms with Gasteiger partial charge in [0.15, 0.2) is 0 Å². The Labute approximate surface area is 170 Å². The fourth-order valence-electron chi connectivity index (χ4n) is 2.95. The zero-order valence-corrected chi connectivity index (χ0v) is 17.0. The second-order valence-electron chi connectivity index (χ2n) is 6.80. The molecule has 0 unspecified atom stereocenters. The van der Waals surface area contributed by atoms with Crippen molar-refractivity contribution < 1.29 is 26.3 Å². The van der Waals surface area contributed by atoms with Crippen LogP contribution in [0.5, 0.6) is 0 Å². The van der Waals surface area contributed by atoms with E-state index in [0.717, 1.165) is 0 Å². The molecule has 2 aromatic carbocycles. The highest BCUT2D eigenvalue weighted by atomic mass is 32.2. The van der Waals surface area contributed by atoms with Crippen molar-refractivity contribution in [2.75, 3.05) is 6.61 Å². The zero-order chi connectivity index (χ0) is 22.1. The van der Waals surface area contributed by atoms with Crippen molar-refractivity contribution in [3.63, 3.8) is 0 Å². The lowest BCUT2D eigenvalue weighted by molar-refractivity contribution is -0.176. The van der Waals surface area contributed by atoms with E-state index < -0.39 is 22.8 Å². The van der Waals surface area contributed by atoms with E-state index in [9.17, 15) is 26.4 Å². The number of hydrogen-bond acceptors (Lipinski definition) is 4. The van der Waals surface area contributed by atoms with Gasteiger partial charge in [-0.3, -0.25) is 9.13 Å². The van der Waals surface area contributed by atoms with Crippen LogP contribution in [0.1, 0.15) is 11.1 Å². The van der Waals surface area contributed by atoms with Crippen LogP contribution >= 0.6 is 0 Å². The predicted molar refractivity (Wildman–Crippen MR) is 104 cm³/mol. The summed E-state index contributed by atoms with van der Waals surface area (Å²) in [6, 6.07) is 10.8. The van der Waals surface area contributed by atoms with E-state index in [4.69, 9.17) is 0 Å². The molecular weight excluding hydrogens is 423 g/mol. The van der Waals surface area contributed by atoms with Crippen LogP contribution in [0.2, 0.25) is 0 Å². The van der Waals surface area contributed by atoms with Gasteiger partial charge in [0.25, 0.3) is 0 Å². The molecule has 0 spiro atoms. The third-order valence-electron chi connectivity index (χ3n) is 4.58. The average Bonchev–Trinajstić information content (AvgIpc) is 2.90. The number of aryl methyl sites for hydroxylation is 2. The lowest BCUT2D eigenvalue weighted by Crippen LogP contribution is -2.23. The van der Waals surface area contributed by atoms with Gasteiger partial charge in [0.1, 0.15) is 6.61 Å². The van der Waals surface area contributed by atoms with E-state index in [1.54, 1.807) is 44.4 Å². The summed E-state index contributed by atoms with van der Waals surface area (Å²) in [5, 5.41) is 0. The highest BCUT2D eigenvalue weighted by Gasteiger charge is 2.27. The molecule has 0 aliphatic rings. The van der Waals surface area contributed by atoms with Crippen LogP contribution < -0.4 is 10.4 Å². The number of nitrogens with one attached hydrogen (secondary N) is 1. The maximum atomic E-state index is 12.6. The van der Waals surface area contributed by atoms with Crippen LogP contribution in [-0.4, -0.2) is 30.3 Å². The van der Waals surface area contributed by atoms with Crippen molar-refractivity contribution in [3.05, 3.63) is 64.1 Å². The lowest BCUT2D eigenvalue weighted by atomic mass is 10.1. The SMILES string of the molecule is Cn1c(=O)n(C)c2cc(S(=O)(=O)NCc3ccc(COCC(F)(F)F)cc3)ccc21. The van der Waals surface area contributed by atoms with Gasteiger partial charge in [0.2, 0.25) is 10.0 Å². The predicted octanol–water partition coefficient (Wildman–Crippen LogP) is 2.43. The first-order valence-corrected chi connectivity index (χ1v) is 10.3. The van der Waals surface area contributed by atoms with Crippen LogP contribution in [0.15, 0.2) is 52.2 Å². The van der Waals surface area contributed by atoms with Gasteiger partial charge in [-0.2, -0.15) is 13.2 Å². The summed E-state index contributed by atoms with van der Waals surface area (Å²) in [4.78, 5) is 12.0. The molecule has 7 nitrogen and oxygen atoms in total. The Morgan fingerprint density at radius 1 is 0.967 bits per heavy atom. The van der Waals surface area contributed by atoms with Crippen LogP contribution in [0.4, 0.5) is 13.2 Å². The summed E-state index contributed by atoms with van der Waals surface area (Å²) in [6.45, 7) is -1.52. The molecule has 30 heavy (non-hydrogen) atoms. The second kappa shape index (κ2) is 8.25. The number of nitrogens with zero attached hydrogens (tertiary/aromatic N) is 2. The molecular formula is C19H20F3N3O4S. The van der Waals surface area contributed by atoms with Gasteiger partial charge in [-0.15, -0.1) is 0 Å². The fourth-order valence-corrected chi connectivity index (χ4v) is 3.99. The Hall–Kier alpha value is -2.63. The highest BCUT2D eigenvalue weighted by Crippen LogP contribution is 2.18. The summed E-state index contributed by atoms with van der Waals surface area (Å²) < 4.78 is 71.4. The quantitative estimate of drug-likeness (QED) is 0.608. The third kappa shape index (κ3) is 4.91. The fraction of sp³-hybridized carbons (Fsp3) is 0.316. The molecule has 0 saturated heterocycles. The maximum Gasteiger partial charge on any atom is 0.411 e. The third-order valence-corrected chi connectivity index (χ3v) is 5.98. The second-order valence-corrected chi connectivity index (χ2v) is 8.57. The van der Waals surface area contributed by atoms with Gasteiger partial charge < -0.3 is 4.74 Å². The van der Waals surface area contributed by atoms with E-state index >= 15 is 0 Å². The summed E-state index contributed by atoms with van der Waals surface area (Å²) in [7, 11) is -0.665. The number of sulfonamides is 1. The number of aromatic nitrogens is 2. The molecule has 0 aliphatic carbocycles. The number of halogens is 3. The smallest absolute Gasteiger partial charge is 0.367 e. The molecule has 0 radical (unpaired) electrons. The molecule has 1 N–H and O–H groups in total. The van der Waals surface area contributed by atoms with Crippen molar-refractivity contribution in [1.29, 1.82) is 0 Å². The highest BCUT2D eigenvalue weighted by molar-refractivity contribution is 7.89. The molecule has 3 rings (SSSR count). The van der Waals surface area contributed by atoms with Crippen molar-refractivity contribution in [1.82, 2.24) is 13.9 Å². The van der Waals surface area contributed by atoms with Crippen molar-refractivity contribution >= 4 is 21.1 Å². The molecule has 1 heterocycles. The minimum Gasteiger partial charge on any atom is -0.367 e. The van der Waals surface area contributed by atoms with Gasteiger partial charge in [0.05, 0.1) is 22.5 Å². The van der Waals surface area contributed by atoms with Crippen LogP contribution in [-0.2, 0) is 42.0 Å². The lowest BCUT2D eigenvalue weighted by Gasteiger charge is -2.09. The molecule has 0 atom stereocenters. The Kier molecular flexibility index (Phi) is 6.06. The van der Waals surface area contributed by atoms with Gasteiger partial charge in [-0.1, -0.05) is 24.3 Å². The molecule has 3 aromatic rings. The first-order valence-electron chi connectivity index (χ1n) is 8.85. The van der Waals surface area contributed by atoms with Crippen LogP contribution in [0.25, 0.3) is 11.0 Å². The number of fused-ring (bicyclic) bond motifs is 1. The van der Waals surface area contributed by atoms with Gasteiger partial charge >= 0.3 is 11.9 Å². The first-order chi connectivity index (χ1) is 14.0. The molecule has 11 heteroatoms. The topological polar surface area (TPSA) is 82.3 Å². The standard InChI is InChI=1S/C19H20F3N3O4S/c1-24-16-8-7-15(9-17(16)25(2)18(24)26)30(27,28)23-10-13-3-5-14(6-4-13)11-29-12-19(20,21)22/h3-9,23H,10-12H2,1-2H3. The minimum absolute atomic E-state index is 0.00220. The minimum atomic E-state index is -4.38. The van der Waals surface area contributed by atoms with E-state index in [1.165, 1.54) is 21.3 Å². The Balaban J connectivity index is 1.67. The average molecular weight is 443 g/mol. The van der Waals surface area contributed by atoms with E-state index in [2.05, 4.69) is 9.46 Å². The van der Waals surface area contributed by atoms with E-state index in [-0.39, 0.29) is 23.7 Å². The Morgan fingerprint density at radius 3 is 2.20 bits per heavy atom. The molecule has 1 aromatic heterocycles. The van der Waals surface area contributed by atoms with Gasteiger partial charge in [-0.05, 0) is 29.3 Å². The molecule has 162 valence electrons. The molecule has 0 bridgehead atoms. The van der Waals surface area contributed by atoms with Crippen LogP contribution in [0.3, 0.4) is 0 Å². The number of rotatable bonds is 7. The number of benzene rings is 2. The number of imidazole rings is 1. The van der Waals surface area contributed by atoms with Crippen molar-refractivity contribution in [3.8, 4) is 0 Å². The van der Waals surface area contributed by atoms with Gasteiger partial charge in [0, 0.05) is 20.6 Å². The number of alkyl halides is 3. The molecule has 0 saturated carbocycles. The van der Waals surface area contributed by atoms with E-state index in [0.29, 0.717) is 22.2 Å². The largest absolute Gasteiger partial charge is 0.411 e. The summed E-state index contributed by atoms with van der Waals surface area (Å²) >= 11 is 0. The maximum absolute atomic E-state index is 12.6. The van der Waals surface area contributed by atoms with Crippen molar-refractivity contribution in [2.45, 2.75) is 24.2 Å². The zero-order valence-electron chi connectivity index (χ0n) is 16.2. The monoisotopic (exact) mass is 443 g/mol. The molecule has 0 amide bonds. The summed E-state index contributed by atoms with van der Waals surface area (Å²) in [6.07, 6.45) is -4.38. The summed E-state index contributed by atoms with van der Waals surface area (Å²) in [5.74, 6) is 0. The molecule has 0 fully saturated rings. The van der Waals surface area contributed by atoms with Crippen molar-refractivity contribution in [2.24, 2.45) is 14.1 Å². The Bertz CT molecular complexity index is 1210. The molecule has 0 aliphatic heterocycles. The Morgan fingerprint density at radius 2 is 1.57 bits per heavy atom. The normalized spacial score (nSPS) is 12.6. The van der Waals surface area contributed by atoms with Gasteiger partial charge in [-0.25, -0.2) is 17.9 Å². The number of ether oxygens (including phenoxy) is 1.